The van der Waals surface area contributed by atoms with E-state index in [1.54, 1.807) is 12.1 Å². The van der Waals surface area contributed by atoms with E-state index < -0.39 is 16.1 Å². The van der Waals surface area contributed by atoms with E-state index >= 15 is 0 Å². The van der Waals surface area contributed by atoms with Gasteiger partial charge in [-0.1, -0.05) is 30.3 Å². The number of carbonyl (C=O) groups is 2. The summed E-state index contributed by atoms with van der Waals surface area (Å²) >= 11 is 1.22. The van der Waals surface area contributed by atoms with E-state index in [-0.39, 0.29) is 19.0 Å². The number of carbonyl (C=O) groups excluding carboxylic acids is 2. The summed E-state index contributed by atoms with van der Waals surface area (Å²) in [6.07, 6.45) is 0.741. The lowest BCUT2D eigenvalue weighted by Crippen LogP contribution is -2.29. The Bertz CT molecular complexity index is 878. The molecule has 0 spiro atoms. The van der Waals surface area contributed by atoms with Crippen molar-refractivity contribution in [2.24, 2.45) is 0 Å². The molecular formula is C16H17N3O4S2. The Hall–Kier alpha value is -2.23. The van der Waals surface area contributed by atoms with Crippen LogP contribution in [0.1, 0.15) is 20.1 Å². The minimum Gasteiger partial charge on any atom is -0.351 e. The molecule has 0 radical (unpaired) electrons. The fourth-order valence-electron chi connectivity index (χ4n) is 2.44. The molecule has 0 unspecified atom stereocenters. The van der Waals surface area contributed by atoms with Gasteiger partial charge in [-0.3, -0.25) is 9.59 Å². The minimum atomic E-state index is -3.75. The molecule has 2 N–H and O–H groups in total. The molecule has 25 heavy (non-hydrogen) atoms. The number of nitrogens with one attached hydrogen (secondary N) is 2. The maximum Gasteiger partial charge on any atom is 0.304 e. The van der Waals surface area contributed by atoms with E-state index in [4.69, 9.17) is 0 Å². The molecule has 1 aromatic carbocycles. The van der Waals surface area contributed by atoms with Crippen molar-refractivity contribution >= 4 is 33.4 Å². The molecule has 3 rings (SSSR count). The second-order valence-electron chi connectivity index (χ2n) is 5.56. The van der Waals surface area contributed by atoms with Gasteiger partial charge in [-0.25, -0.2) is 4.72 Å². The predicted octanol–water partition coefficient (Wildman–Crippen LogP) is 0.897. The summed E-state index contributed by atoms with van der Waals surface area (Å²) in [7, 11) is -3.75. The summed E-state index contributed by atoms with van der Waals surface area (Å²) in [4.78, 5) is 24.6. The Morgan fingerprint density at radius 2 is 1.96 bits per heavy atom. The normalized spacial score (nSPS) is 16.6. The Labute approximate surface area is 149 Å². The molecule has 2 aromatic rings. The maximum atomic E-state index is 12.2. The molecule has 0 bridgehead atoms. The number of benzene rings is 1. The number of hydrogen-bond acceptors (Lipinski definition) is 5. The van der Waals surface area contributed by atoms with Gasteiger partial charge in [-0.2, -0.15) is 12.7 Å². The lowest BCUT2D eigenvalue weighted by molar-refractivity contribution is -0.118. The summed E-state index contributed by atoms with van der Waals surface area (Å²) in [6.45, 7) is 0.400. The average molecular weight is 379 g/mol. The fraction of sp³-hybridized carbons (Fsp3) is 0.250. The molecular weight excluding hydrogens is 362 g/mol. The van der Waals surface area contributed by atoms with E-state index in [0.29, 0.717) is 16.3 Å². The Balaban J connectivity index is 1.54. The summed E-state index contributed by atoms with van der Waals surface area (Å²) in [5, 5.41) is 2.85. The third-order valence-corrected chi connectivity index (χ3v) is 6.15. The van der Waals surface area contributed by atoms with Crippen molar-refractivity contribution in [3.63, 3.8) is 0 Å². The molecule has 0 aliphatic carbocycles. The maximum absolute atomic E-state index is 12.2. The number of thiophene rings is 1. The Kier molecular flexibility index (Phi) is 5.16. The van der Waals surface area contributed by atoms with Crippen molar-refractivity contribution in [2.75, 3.05) is 13.1 Å². The molecule has 1 aliphatic heterocycles. The molecule has 2 heterocycles. The van der Waals surface area contributed by atoms with Crippen LogP contribution in [0.5, 0.6) is 0 Å². The van der Waals surface area contributed by atoms with Crippen LogP contribution < -0.4 is 10.0 Å². The van der Waals surface area contributed by atoms with Crippen LogP contribution in [-0.2, 0) is 28.0 Å². The molecule has 1 aromatic heterocycles. The first-order chi connectivity index (χ1) is 11.9. The van der Waals surface area contributed by atoms with Gasteiger partial charge >= 0.3 is 10.2 Å². The highest BCUT2D eigenvalue weighted by molar-refractivity contribution is 7.88. The van der Waals surface area contributed by atoms with Crippen LogP contribution >= 0.6 is 11.3 Å². The van der Waals surface area contributed by atoms with Crippen LogP contribution in [0.2, 0.25) is 0 Å². The molecule has 1 aliphatic rings. The van der Waals surface area contributed by atoms with E-state index in [9.17, 15) is 18.0 Å². The van der Waals surface area contributed by atoms with Gasteiger partial charge in [0.25, 0.3) is 5.91 Å². The standard InChI is InChI=1S/C16H17N3O4S2/c20-15-11-19(25(22,23)18-15)10-13-6-7-14(24-13)16(21)17-9-8-12-4-2-1-3-5-12/h1-7H,8-11H2,(H,17,21)(H,18,20). The lowest BCUT2D eigenvalue weighted by atomic mass is 10.1. The monoisotopic (exact) mass is 379 g/mol. The first-order valence-corrected chi connectivity index (χ1v) is 9.91. The largest absolute Gasteiger partial charge is 0.351 e. The third-order valence-electron chi connectivity index (χ3n) is 3.66. The second kappa shape index (κ2) is 7.34. The van der Waals surface area contributed by atoms with Crippen LogP contribution in [0.3, 0.4) is 0 Å². The van der Waals surface area contributed by atoms with Crippen molar-refractivity contribution < 1.29 is 18.0 Å². The van der Waals surface area contributed by atoms with Gasteiger partial charge in [0, 0.05) is 11.4 Å². The predicted molar refractivity (Wildman–Crippen MR) is 94.3 cm³/mol. The van der Waals surface area contributed by atoms with Gasteiger partial charge in [0.15, 0.2) is 0 Å². The zero-order valence-electron chi connectivity index (χ0n) is 13.3. The Morgan fingerprint density at radius 1 is 1.20 bits per heavy atom. The molecule has 9 heteroatoms. The summed E-state index contributed by atoms with van der Waals surface area (Å²) in [6, 6.07) is 13.2. The summed E-state index contributed by atoms with van der Waals surface area (Å²) in [5.74, 6) is -0.735. The van der Waals surface area contributed by atoms with Crippen molar-refractivity contribution in [2.45, 2.75) is 13.0 Å². The number of rotatable bonds is 6. The third kappa shape index (κ3) is 4.44. The van der Waals surface area contributed by atoms with Gasteiger partial charge in [0.1, 0.15) is 0 Å². The minimum absolute atomic E-state index is 0.0725. The molecule has 7 nitrogen and oxygen atoms in total. The highest BCUT2D eigenvalue weighted by Crippen LogP contribution is 2.20. The van der Waals surface area contributed by atoms with Crippen LogP contribution in [0.4, 0.5) is 0 Å². The van der Waals surface area contributed by atoms with Gasteiger partial charge in [0.05, 0.1) is 18.0 Å². The van der Waals surface area contributed by atoms with E-state index in [1.807, 2.05) is 35.1 Å². The second-order valence-corrected chi connectivity index (χ2v) is 8.39. The van der Waals surface area contributed by atoms with Crippen molar-refractivity contribution in [1.82, 2.24) is 14.3 Å². The fourth-order valence-corrected chi connectivity index (χ4v) is 4.54. The van der Waals surface area contributed by atoms with Crippen LogP contribution in [-0.4, -0.2) is 37.6 Å². The number of amides is 2. The van der Waals surface area contributed by atoms with Crippen LogP contribution in [0.25, 0.3) is 0 Å². The topological polar surface area (TPSA) is 95.6 Å². The van der Waals surface area contributed by atoms with Crippen molar-refractivity contribution in [3.05, 3.63) is 57.8 Å². The van der Waals surface area contributed by atoms with Gasteiger partial charge in [-0.15, -0.1) is 11.3 Å². The zero-order valence-corrected chi connectivity index (χ0v) is 14.9. The van der Waals surface area contributed by atoms with Gasteiger partial charge in [0.2, 0.25) is 5.91 Å². The summed E-state index contributed by atoms with van der Waals surface area (Å²) < 4.78 is 26.4. The smallest absolute Gasteiger partial charge is 0.304 e. The number of hydrogen-bond donors (Lipinski definition) is 2. The number of nitrogens with zero attached hydrogens (tertiary/aromatic N) is 1. The summed E-state index contributed by atoms with van der Waals surface area (Å²) in [5.41, 5.74) is 1.14. The van der Waals surface area contributed by atoms with Crippen molar-refractivity contribution in [3.8, 4) is 0 Å². The highest BCUT2D eigenvalue weighted by Gasteiger charge is 2.34. The average Bonchev–Trinajstić information content (AvgIpc) is 3.13. The van der Waals surface area contributed by atoms with Gasteiger partial charge in [-0.05, 0) is 24.1 Å². The first-order valence-electron chi connectivity index (χ1n) is 7.65. The highest BCUT2D eigenvalue weighted by atomic mass is 32.2. The quantitative estimate of drug-likeness (QED) is 0.779. The van der Waals surface area contributed by atoms with Crippen molar-refractivity contribution in [1.29, 1.82) is 0 Å². The Morgan fingerprint density at radius 3 is 2.64 bits per heavy atom. The SMILES string of the molecule is O=C1CN(Cc2ccc(C(=O)NCCc3ccccc3)s2)S(=O)(=O)N1. The zero-order chi connectivity index (χ0) is 17.9. The molecule has 132 valence electrons. The molecule has 1 saturated heterocycles. The first kappa shape index (κ1) is 17.6. The van der Waals surface area contributed by atoms with Gasteiger partial charge < -0.3 is 5.32 Å². The molecule has 0 saturated carbocycles. The lowest BCUT2D eigenvalue weighted by Gasteiger charge is -2.09. The van der Waals surface area contributed by atoms with E-state index in [1.165, 1.54) is 11.3 Å². The van der Waals surface area contributed by atoms with Crippen LogP contribution in [0, 0.1) is 0 Å². The van der Waals surface area contributed by atoms with Crippen LogP contribution in [0.15, 0.2) is 42.5 Å². The van der Waals surface area contributed by atoms with E-state index in [0.717, 1.165) is 16.3 Å². The van der Waals surface area contributed by atoms with E-state index in [2.05, 4.69) is 5.32 Å². The molecule has 0 atom stereocenters. The molecule has 1 fully saturated rings. The molecule has 2 amide bonds.